The maximum Gasteiger partial charge on any atom is -0.00206 e. The van der Waals surface area contributed by atoms with Crippen LogP contribution in [0.2, 0.25) is 0 Å². The minimum absolute atomic E-state index is 1.09. The van der Waals surface area contributed by atoms with Crippen LogP contribution in [0.15, 0.2) is 48.5 Å². The Morgan fingerprint density at radius 3 is 2.33 bits per heavy atom. The van der Waals surface area contributed by atoms with Gasteiger partial charge in [0.2, 0.25) is 0 Å². The summed E-state index contributed by atoms with van der Waals surface area (Å²) in [6.45, 7) is 2.21. The van der Waals surface area contributed by atoms with Crippen LogP contribution in [0.4, 0.5) is 0 Å². The second kappa shape index (κ2) is 3.46. The van der Waals surface area contributed by atoms with E-state index in [-0.39, 0.29) is 0 Å². The van der Waals surface area contributed by atoms with Gasteiger partial charge < -0.3 is 0 Å². The molecule has 0 unspecified atom stereocenters. The van der Waals surface area contributed by atoms with Crippen LogP contribution < -0.4 is 0 Å². The summed E-state index contributed by atoms with van der Waals surface area (Å²) in [6, 6.07) is 21.0. The average molecular weight is 229 g/mol. The molecule has 4 aromatic carbocycles. The quantitative estimate of drug-likeness (QED) is 0.405. The Labute approximate surface area is 106 Å². The molecule has 0 heterocycles. The zero-order chi connectivity index (χ0) is 12.1. The molecule has 1 radical (unpaired) electrons. The third kappa shape index (κ3) is 1.20. The summed E-state index contributed by atoms with van der Waals surface area (Å²) >= 11 is 0. The van der Waals surface area contributed by atoms with Crippen molar-refractivity contribution in [1.82, 2.24) is 0 Å². The minimum atomic E-state index is 1.09. The third-order valence-corrected chi connectivity index (χ3v) is 3.85. The van der Waals surface area contributed by atoms with Crippen molar-refractivity contribution in [2.75, 3.05) is 0 Å². The predicted octanol–water partition coefficient (Wildman–Crippen LogP) is 4.95. The first-order chi connectivity index (χ1) is 8.86. The topological polar surface area (TPSA) is 0 Å². The molecular weight excluding hydrogens is 216 g/mol. The van der Waals surface area contributed by atoms with Gasteiger partial charge in [-0.2, -0.15) is 0 Å². The van der Waals surface area contributed by atoms with E-state index in [1.165, 1.54) is 37.9 Å². The van der Waals surface area contributed by atoms with Crippen LogP contribution in [0.5, 0.6) is 0 Å². The molecule has 4 aromatic rings. The van der Waals surface area contributed by atoms with Gasteiger partial charge in [0.15, 0.2) is 0 Å². The molecule has 0 fully saturated rings. The smallest absolute Gasteiger partial charge is 0.00206 e. The van der Waals surface area contributed by atoms with Gasteiger partial charge in [-0.05, 0) is 50.4 Å². The van der Waals surface area contributed by atoms with Crippen LogP contribution in [0.25, 0.3) is 32.3 Å². The van der Waals surface area contributed by atoms with Gasteiger partial charge in [0.25, 0.3) is 0 Å². The standard InChI is InChI=1S/C18H13/c1-2-12-10-15-8-6-13-4-3-5-14-7-9-16(11-12)18(15)17(13)14/h3-4,6-11H,2H2,1H3. The Balaban J connectivity index is 2.35. The first-order valence-electron chi connectivity index (χ1n) is 6.45. The summed E-state index contributed by atoms with van der Waals surface area (Å²) in [6.07, 6.45) is 1.09. The highest BCUT2D eigenvalue weighted by Crippen LogP contribution is 2.34. The van der Waals surface area contributed by atoms with Crippen molar-refractivity contribution in [3.8, 4) is 0 Å². The number of rotatable bonds is 1. The van der Waals surface area contributed by atoms with E-state index in [0.29, 0.717) is 0 Å². The summed E-state index contributed by atoms with van der Waals surface area (Å²) in [7, 11) is 0. The molecular formula is C18H13. The monoisotopic (exact) mass is 229 g/mol. The molecule has 0 aliphatic carbocycles. The molecule has 0 heteroatoms. The van der Waals surface area contributed by atoms with Crippen molar-refractivity contribution in [2.45, 2.75) is 13.3 Å². The van der Waals surface area contributed by atoms with Crippen LogP contribution in [-0.4, -0.2) is 0 Å². The maximum atomic E-state index is 3.34. The SMILES string of the molecule is CCc1cc2ccc3[c]ccc4ccc(c1)c2c34. The van der Waals surface area contributed by atoms with Crippen molar-refractivity contribution in [1.29, 1.82) is 0 Å². The summed E-state index contributed by atoms with van der Waals surface area (Å²) in [5, 5.41) is 7.97. The lowest BCUT2D eigenvalue weighted by Crippen LogP contribution is -1.86. The number of hydrogen-bond donors (Lipinski definition) is 0. The summed E-state index contributed by atoms with van der Waals surface area (Å²) in [5.74, 6) is 0. The van der Waals surface area contributed by atoms with Crippen LogP contribution in [-0.2, 0) is 6.42 Å². The number of aryl methyl sites for hydroxylation is 1. The lowest BCUT2D eigenvalue weighted by molar-refractivity contribution is 1.15. The number of benzene rings is 4. The van der Waals surface area contributed by atoms with Gasteiger partial charge in [0.1, 0.15) is 0 Å². The summed E-state index contributed by atoms with van der Waals surface area (Å²) in [4.78, 5) is 0. The van der Waals surface area contributed by atoms with E-state index in [2.05, 4.69) is 55.5 Å². The fraction of sp³-hybridized carbons (Fsp3) is 0.111. The van der Waals surface area contributed by atoms with Crippen molar-refractivity contribution in [3.05, 3.63) is 60.2 Å². The molecule has 0 aromatic heterocycles. The Bertz CT molecular complexity index is 792. The fourth-order valence-corrected chi connectivity index (χ4v) is 2.94. The Hall–Kier alpha value is -2.08. The molecule has 0 saturated carbocycles. The minimum Gasteiger partial charge on any atom is -0.0613 e. The van der Waals surface area contributed by atoms with Crippen LogP contribution >= 0.6 is 0 Å². The van der Waals surface area contributed by atoms with Gasteiger partial charge in [0, 0.05) is 0 Å². The maximum absolute atomic E-state index is 3.34. The molecule has 0 aliphatic heterocycles. The zero-order valence-corrected chi connectivity index (χ0v) is 10.3. The van der Waals surface area contributed by atoms with E-state index in [4.69, 9.17) is 0 Å². The van der Waals surface area contributed by atoms with E-state index in [0.717, 1.165) is 6.42 Å². The molecule has 0 atom stereocenters. The van der Waals surface area contributed by atoms with E-state index in [1.807, 2.05) is 6.07 Å². The molecule has 18 heavy (non-hydrogen) atoms. The van der Waals surface area contributed by atoms with Crippen molar-refractivity contribution >= 4 is 32.3 Å². The highest BCUT2D eigenvalue weighted by molar-refractivity contribution is 6.22. The molecule has 0 nitrogen and oxygen atoms in total. The van der Waals surface area contributed by atoms with Gasteiger partial charge in [-0.1, -0.05) is 55.5 Å². The van der Waals surface area contributed by atoms with Crippen LogP contribution in [0.1, 0.15) is 12.5 Å². The lowest BCUT2D eigenvalue weighted by atomic mass is 9.92. The Morgan fingerprint density at radius 1 is 0.833 bits per heavy atom. The van der Waals surface area contributed by atoms with E-state index >= 15 is 0 Å². The second-order valence-corrected chi connectivity index (χ2v) is 4.89. The molecule has 0 saturated heterocycles. The Kier molecular flexibility index (Phi) is 1.90. The molecule has 0 bridgehead atoms. The van der Waals surface area contributed by atoms with Crippen molar-refractivity contribution in [2.24, 2.45) is 0 Å². The largest absolute Gasteiger partial charge is 0.0613 e. The first kappa shape index (κ1) is 9.90. The molecule has 0 amide bonds. The van der Waals surface area contributed by atoms with Gasteiger partial charge >= 0.3 is 0 Å². The number of hydrogen-bond acceptors (Lipinski definition) is 0. The van der Waals surface area contributed by atoms with E-state index in [1.54, 1.807) is 0 Å². The second-order valence-electron chi connectivity index (χ2n) is 4.89. The van der Waals surface area contributed by atoms with Crippen molar-refractivity contribution in [3.63, 3.8) is 0 Å². The normalized spacial score (nSPS) is 11.8. The highest BCUT2D eigenvalue weighted by Gasteiger charge is 2.08. The highest BCUT2D eigenvalue weighted by atomic mass is 14.1. The Morgan fingerprint density at radius 2 is 1.56 bits per heavy atom. The zero-order valence-electron chi connectivity index (χ0n) is 10.3. The molecule has 0 spiro atoms. The summed E-state index contributed by atoms with van der Waals surface area (Å²) in [5.41, 5.74) is 1.41. The third-order valence-electron chi connectivity index (χ3n) is 3.85. The van der Waals surface area contributed by atoms with Crippen LogP contribution in [0, 0.1) is 6.07 Å². The predicted molar refractivity (Wildman–Crippen MR) is 78.4 cm³/mol. The summed E-state index contributed by atoms with van der Waals surface area (Å²) < 4.78 is 0. The molecule has 85 valence electrons. The van der Waals surface area contributed by atoms with Crippen molar-refractivity contribution < 1.29 is 0 Å². The molecule has 4 rings (SSSR count). The van der Waals surface area contributed by atoms with Gasteiger partial charge in [0.05, 0.1) is 0 Å². The van der Waals surface area contributed by atoms with E-state index < -0.39 is 0 Å². The van der Waals surface area contributed by atoms with Gasteiger partial charge in [-0.25, -0.2) is 0 Å². The van der Waals surface area contributed by atoms with Crippen LogP contribution in [0.3, 0.4) is 0 Å². The fourth-order valence-electron chi connectivity index (χ4n) is 2.94. The first-order valence-corrected chi connectivity index (χ1v) is 6.45. The van der Waals surface area contributed by atoms with Gasteiger partial charge in [-0.15, -0.1) is 0 Å². The lowest BCUT2D eigenvalue weighted by Gasteiger charge is -2.11. The molecule has 0 N–H and O–H groups in total. The molecule has 0 aliphatic rings. The van der Waals surface area contributed by atoms with E-state index in [9.17, 15) is 0 Å². The van der Waals surface area contributed by atoms with Gasteiger partial charge in [-0.3, -0.25) is 0 Å². The average Bonchev–Trinajstić information content (AvgIpc) is 2.44.